The van der Waals surface area contributed by atoms with E-state index in [2.05, 4.69) is 16.0 Å². The summed E-state index contributed by atoms with van der Waals surface area (Å²) in [6.07, 6.45) is 7.02. The maximum Gasteiger partial charge on any atom is 0.262 e. The van der Waals surface area contributed by atoms with Crippen molar-refractivity contribution < 1.29 is 14.4 Å². The largest absolute Gasteiger partial charge is 0.348 e. The van der Waals surface area contributed by atoms with E-state index in [9.17, 15) is 19.6 Å². The highest BCUT2D eigenvalue weighted by Gasteiger charge is 2.41. The van der Waals surface area contributed by atoms with Gasteiger partial charge >= 0.3 is 0 Å². The summed E-state index contributed by atoms with van der Waals surface area (Å²) in [4.78, 5) is 49.3. The number of aromatic nitrogens is 4. The minimum atomic E-state index is -0.795. The van der Waals surface area contributed by atoms with Gasteiger partial charge < -0.3 is 19.9 Å². The Morgan fingerprint density at radius 1 is 0.976 bits per heavy atom. The van der Waals surface area contributed by atoms with Crippen molar-refractivity contribution in [1.82, 2.24) is 24.0 Å². The van der Waals surface area contributed by atoms with Crippen molar-refractivity contribution in [1.29, 1.82) is 5.26 Å². The number of fused-ring (bicyclic) bond motifs is 2. The zero-order valence-electron chi connectivity index (χ0n) is 23.1. The van der Waals surface area contributed by atoms with Gasteiger partial charge in [0.1, 0.15) is 6.54 Å². The molecule has 1 aliphatic rings. The first-order valence-corrected chi connectivity index (χ1v) is 13.8. The lowest BCUT2D eigenvalue weighted by molar-refractivity contribution is -0.136. The van der Waals surface area contributed by atoms with Gasteiger partial charge in [0.05, 0.1) is 29.6 Å². The molecule has 210 valence electrons. The molecule has 10 nitrogen and oxygen atoms in total. The summed E-state index contributed by atoms with van der Waals surface area (Å²) in [5.74, 6) is -1.19. The van der Waals surface area contributed by atoms with Gasteiger partial charge in [0.25, 0.3) is 11.8 Å². The molecule has 2 aromatic carbocycles. The van der Waals surface area contributed by atoms with E-state index < -0.39 is 17.9 Å². The number of imidazole rings is 1. The summed E-state index contributed by atoms with van der Waals surface area (Å²) < 4.78 is 3.83. The first-order valence-electron chi connectivity index (χ1n) is 13.8. The van der Waals surface area contributed by atoms with Gasteiger partial charge in [0.2, 0.25) is 0 Å². The van der Waals surface area contributed by atoms with E-state index in [0.29, 0.717) is 17.7 Å². The van der Waals surface area contributed by atoms with Crippen LogP contribution in [0, 0.1) is 11.3 Å². The van der Waals surface area contributed by atoms with Crippen LogP contribution in [0.4, 0.5) is 0 Å². The molecule has 5 aromatic rings. The van der Waals surface area contributed by atoms with Crippen LogP contribution >= 0.6 is 0 Å². The second-order valence-electron chi connectivity index (χ2n) is 10.3. The molecule has 0 bridgehead atoms. The number of imide groups is 1. The Balaban J connectivity index is 1.44. The van der Waals surface area contributed by atoms with E-state index >= 15 is 0 Å². The highest BCUT2D eigenvalue weighted by molar-refractivity contribution is 6.50. The van der Waals surface area contributed by atoms with Crippen molar-refractivity contribution in [3.8, 4) is 6.07 Å². The number of rotatable bonds is 10. The van der Waals surface area contributed by atoms with Crippen molar-refractivity contribution in [3.05, 3.63) is 90.3 Å². The van der Waals surface area contributed by atoms with Gasteiger partial charge in [-0.2, -0.15) is 5.26 Å². The van der Waals surface area contributed by atoms with Gasteiger partial charge in [-0.05, 0) is 19.1 Å². The number of aromatic amines is 1. The lowest BCUT2D eigenvalue weighted by Crippen LogP contribution is -2.38. The maximum atomic E-state index is 14.2. The lowest BCUT2D eigenvalue weighted by Gasteiger charge is -2.16. The minimum absolute atomic E-state index is 0.0692. The van der Waals surface area contributed by atoms with Crippen LogP contribution in [0.1, 0.15) is 30.2 Å². The third-order valence-electron chi connectivity index (χ3n) is 7.86. The SMILES string of the molecule is CCn1cc(C2=C(c3cn(CC#N)c4ccccc34)C(=O)N(CCC(=O)[C@@H](N)Cc3cnc[nH]3)C2=O)c2ccccc21. The van der Waals surface area contributed by atoms with Gasteiger partial charge in [-0.1, -0.05) is 36.4 Å². The molecule has 0 radical (unpaired) electrons. The molecule has 0 unspecified atom stereocenters. The van der Waals surface area contributed by atoms with Crippen LogP contribution in [0.25, 0.3) is 33.0 Å². The number of amides is 2. The number of nitrogens with one attached hydrogen (secondary N) is 1. The fourth-order valence-corrected chi connectivity index (χ4v) is 5.79. The van der Waals surface area contributed by atoms with Crippen molar-refractivity contribution in [2.75, 3.05) is 6.54 Å². The second kappa shape index (κ2) is 11.0. The maximum absolute atomic E-state index is 14.2. The molecule has 6 rings (SSSR count). The number of aryl methyl sites for hydroxylation is 1. The van der Waals surface area contributed by atoms with Gasteiger partial charge in [0.15, 0.2) is 5.78 Å². The van der Waals surface area contributed by atoms with Crippen LogP contribution in [0.3, 0.4) is 0 Å². The molecule has 0 aliphatic carbocycles. The summed E-state index contributed by atoms with van der Waals surface area (Å²) in [7, 11) is 0. The number of ketones is 1. The van der Waals surface area contributed by atoms with E-state index in [4.69, 9.17) is 5.73 Å². The Morgan fingerprint density at radius 3 is 2.14 bits per heavy atom. The Kier molecular flexibility index (Phi) is 7.02. The number of nitrogens with two attached hydrogens (primary N) is 1. The summed E-state index contributed by atoms with van der Waals surface area (Å²) in [5, 5.41) is 11.1. The highest BCUT2D eigenvalue weighted by Crippen LogP contribution is 2.41. The molecule has 10 heteroatoms. The molecule has 0 saturated heterocycles. The number of hydrogen-bond donors (Lipinski definition) is 2. The van der Waals surface area contributed by atoms with Crippen molar-refractivity contribution in [2.45, 2.75) is 38.9 Å². The molecular formula is C32H29N7O3. The molecule has 0 saturated carbocycles. The number of H-pyrrole nitrogens is 1. The van der Waals surface area contributed by atoms with Crippen molar-refractivity contribution >= 4 is 50.5 Å². The number of nitrogens with zero attached hydrogens (tertiary/aromatic N) is 5. The van der Waals surface area contributed by atoms with Crippen LogP contribution in [-0.2, 0) is 33.9 Å². The molecule has 0 fully saturated rings. The number of para-hydroxylation sites is 2. The minimum Gasteiger partial charge on any atom is -0.348 e. The second-order valence-corrected chi connectivity index (χ2v) is 10.3. The molecule has 4 heterocycles. The fourth-order valence-electron chi connectivity index (χ4n) is 5.79. The number of Topliss-reactive ketones (excluding diaryl/α,β-unsaturated/α-hetero) is 1. The smallest absolute Gasteiger partial charge is 0.262 e. The Labute approximate surface area is 241 Å². The van der Waals surface area contributed by atoms with E-state index in [1.807, 2.05) is 66.2 Å². The van der Waals surface area contributed by atoms with E-state index in [1.165, 1.54) is 6.33 Å². The van der Waals surface area contributed by atoms with E-state index in [-0.39, 0.29) is 42.9 Å². The number of carbonyl (C=O) groups excluding carboxylic acids is 3. The Hall–Kier alpha value is -5.27. The Bertz CT molecular complexity index is 1920. The number of nitriles is 1. The number of hydrogen-bond acceptors (Lipinski definition) is 6. The van der Waals surface area contributed by atoms with Crippen LogP contribution in [-0.4, -0.2) is 54.2 Å². The average Bonchev–Trinajstić information content (AvgIpc) is 3.77. The molecule has 3 N–H and O–H groups in total. The average molecular weight is 560 g/mol. The van der Waals surface area contributed by atoms with Crippen molar-refractivity contribution in [2.24, 2.45) is 5.73 Å². The predicted octanol–water partition coefficient (Wildman–Crippen LogP) is 3.67. The number of benzene rings is 2. The van der Waals surface area contributed by atoms with Crippen molar-refractivity contribution in [3.63, 3.8) is 0 Å². The molecule has 3 aromatic heterocycles. The lowest BCUT2D eigenvalue weighted by atomic mass is 9.95. The topological polar surface area (TPSA) is 143 Å². The third kappa shape index (κ3) is 4.50. The van der Waals surface area contributed by atoms with Crippen LogP contribution in [0.2, 0.25) is 0 Å². The zero-order valence-corrected chi connectivity index (χ0v) is 23.1. The summed E-state index contributed by atoms with van der Waals surface area (Å²) in [5.41, 5.74) is 10.4. The zero-order chi connectivity index (χ0) is 29.4. The van der Waals surface area contributed by atoms with Gasteiger partial charge in [-0.3, -0.25) is 19.3 Å². The van der Waals surface area contributed by atoms with Gasteiger partial charge in [0, 0.05) is 83.1 Å². The first kappa shape index (κ1) is 26.9. The molecular weight excluding hydrogens is 530 g/mol. The molecule has 0 spiro atoms. The van der Waals surface area contributed by atoms with Crippen LogP contribution in [0.15, 0.2) is 73.4 Å². The van der Waals surface area contributed by atoms with Gasteiger partial charge in [-0.25, -0.2) is 4.98 Å². The third-order valence-corrected chi connectivity index (χ3v) is 7.86. The first-order chi connectivity index (χ1) is 20.4. The summed E-state index contributed by atoms with van der Waals surface area (Å²) >= 11 is 0. The predicted molar refractivity (Wildman–Crippen MR) is 159 cm³/mol. The normalized spacial score (nSPS) is 14.4. The summed E-state index contributed by atoms with van der Waals surface area (Å²) in [6.45, 7) is 2.70. The fraction of sp³-hybridized carbons (Fsp3) is 0.219. The summed E-state index contributed by atoms with van der Waals surface area (Å²) in [6, 6.07) is 16.7. The molecule has 1 atom stereocenters. The molecule has 2 amide bonds. The molecule has 1 aliphatic heterocycles. The van der Waals surface area contributed by atoms with E-state index in [1.54, 1.807) is 17.0 Å². The Morgan fingerprint density at radius 2 is 1.57 bits per heavy atom. The number of carbonyl (C=O) groups is 3. The quantitative estimate of drug-likeness (QED) is 0.250. The van der Waals surface area contributed by atoms with Gasteiger partial charge in [-0.15, -0.1) is 0 Å². The highest BCUT2D eigenvalue weighted by atomic mass is 16.2. The standard InChI is InChI=1S/C32H29N7O3/c1-2-37-17-23(21-7-3-5-9-26(21)37)29-30(24-18-38(14-12-33)27-10-6-4-8-22(24)27)32(42)39(31(29)41)13-11-28(40)25(34)15-20-16-35-19-36-20/h3-10,16-19,25H,2,11,13-15,34H2,1H3,(H,35,36)/t25-/m0/s1. The van der Waals surface area contributed by atoms with E-state index in [0.717, 1.165) is 32.4 Å². The monoisotopic (exact) mass is 559 g/mol. The molecule has 42 heavy (non-hydrogen) atoms. The van der Waals surface area contributed by atoms with Crippen LogP contribution < -0.4 is 5.73 Å². The van der Waals surface area contributed by atoms with Crippen LogP contribution in [0.5, 0.6) is 0 Å².